The molecular formula is C17H29N7O4S. The summed E-state index contributed by atoms with van der Waals surface area (Å²) < 4.78 is 26.6. The van der Waals surface area contributed by atoms with Crippen LogP contribution in [0.1, 0.15) is 27.2 Å². The van der Waals surface area contributed by atoms with Crippen LogP contribution in [0.4, 0.5) is 4.79 Å². The predicted molar refractivity (Wildman–Crippen MR) is 105 cm³/mol. The van der Waals surface area contributed by atoms with Gasteiger partial charge in [0, 0.05) is 30.7 Å². The lowest BCUT2D eigenvalue weighted by atomic mass is 9.98. The van der Waals surface area contributed by atoms with Crippen molar-refractivity contribution in [2.75, 3.05) is 19.6 Å². The molecule has 0 radical (unpaired) electrons. The van der Waals surface area contributed by atoms with Gasteiger partial charge in [-0.05, 0) is 33.7 Å². The van der Waals surface area contributed by atoms with Crippen molar-refractivity contribution in [2.45, 2.75) is 68.7 Å². The molecule has 11 nitrogen and oxygen atoms in total. The van der Waals surface area contributed by atoms with Crippen LogP contribution in [0.25, 0.3) is 0 Å². The lowest BCUT2D eigenvalue weighted by Gasteiger charge is -2.44. The summed E-state index contributed by atoms with van der Waals surface area (Å²) in [4.78, 5) is 25.0. The third-order valence-electron chi connectivity index (χ3n) is 5.93. The van der Waals surface area contributed by atoms with Crippen LogP contribution in [0.5, 0.6) is 0 Å². The zero-order valence-corrected chi connectivity index (χ0v) is 17.6. The zero-order valence-electron chi connectivity index (χ0n) is 16.8. The minimum atomic E-state index is -3.97. The maximum atomic E-state index is 13.0. The number of carbonyl (C=O) groups is 2. The summed E-state index contributed by atoms with van der Waals surface area (Å²) in [6.07, 6.45) is 0.527. The van der Waals surface area contributed by atoms with Crippen molar-refractivity contribution in [2.24, 2.45) is 0 Å². The second-order valence-electron chi connectivity index (χ2n) is 8.03. The molecule has 3 saturated heterocycles. The highest BCUT2D eigenvalue weighted by molar-refractivity contribution is 7.90. The quantitative estimate of drug-likeness (QED) is 0.339. The Morgan fingerprint density at radius 2 is 2.07 bits per heavy atom. The van der Waals surface area contributed by atoms with Crippen LogP contribution in [0.15, 0.2) is 0 Å². The second kappa shape index (κ2) is 8.43. The number of carbonyl (C=O) groups excluding carboxylic acids is 2. The van der Waals surface area contributed by atoms with Gasteiger partial charge in [-0.3, -0.25) is 10.1 Å². The Morgan fingerprint density at radius 1 is 1.34 bits per heavy atom. The summed E-state index contributed by atoms with van der Waals surface area (Å²) in [5.74, 6) is -0.553. The number of sulfonamides is 1. The van der Waals surface area contributed by atoms with Gasteiger partial charge in [0.2, 0.25) is 15.9 Å². The third kappa shape index (κ3) is 4.32. The van der Waals surface area contributed by atoms with E-state index in [1.54, 1.807) is 13.8 Å². The van der Waals surface area contributed by atoms with Crippen molar-refractivity contribution >= 4 is 22.0 Å². The van der Waals surface area contributed by atoms with Gasteiger partial charge < -0.3 is 21.3 Å². The van der Waals surface area contributed by atoms with Crippen LogP contribution in [0.2, 0.25) is 0 Å². The Kier molecular flexibility index (Phi) is 6.33. The van der Waals surface area contributed by atoms with E-state index < -0.39 is 39.8 Å². The van der Waals surface area contributed by atoms with E-state index >= 15 is 0 Å². The van der Waals surface area contributed by atoms with Crippen molar-refractivity contribution in [3.8, 4) is 6.07 Å². The van der Waals surface area contributed by atoms with Crippen LogP contribution in [-0.4, -0.2) is 85.8 Å². The van der Waals surface area contributed by atoms with E-state index in [2.05, 4.69) is 32.7 Å². The molecular weight excluding hydrogens is 398 g/mol. The first kappa shape index (κ1) is 21.8. The number of nitrogens with zero attached hydrogens (tertiary/aromatic N) is 2. The fourth-order valence-electron chi connectivity index (χ4n) is 4.49. The molecule has 0 aromatic carbocycles. The van der Waals surface area contributed by atoms with Crippen LogP contribution in [0, 0.1) is 11.3 Å². The first-order valence-corrected chi connectivity index (χ1v) is 11.4. The van der Waals surface area contributed by atoms with Gasteiger partial charge in [-0.2, -0.15) is 5.26 Å². The number of hydrogen-bond donors (Lipinski definition) is 5. The summed E-state index contributed by atoms with van der Waals surface area (Å²) in [6, 6.07) is -0.224. The van der Waals surface area contributed by atoms with E-state index in [1.807, 2.05) is 6.92 Å². The molecule has 0 saturated carbocycles. The molecule has 3 heterocycles. The Hall–Kier alpha value is -1.94. The monoisotopic (exact) mass is 427 g/mol. The van der Waals surface area contributed by atoms with Crippen LogP contribution in [-0.2, 0) is 14.8 Å². The van der Waals surface area contributed by atoms with E-state index in [4.69, 9.17) is 5.26 Å². The van der Waals surface area contributed by atoms with Crippen LogP contribution >= 0.6 is 0 Å². The summed E-state index contributed by atoms with van der Waals surface area (Å²) in [5, 5.41) is 23.2. The number of nitrogens with one attached hydrogen (secondary N) is 5. The van der Waals surface area contributed by atoms with Crippen molar-refractivity contribution in [3.63, 3.8) is 0 Å². The first-order valence-electron chi connectivity index (χ1n) is 9.89. The molecule has 3 fully saturated rings. The highest BCUT2D eigenvalue weighted by Crippen LogP contribution is 2.25. The number of hydrogen-bond acceptors (Lipinski definition) is 8. The third-order valence-corrected chi connectivity index (χ3v) is 8.26. The van der Waals surface area contributed by atoms with Gasteiger partial charge in [0.15, 0.2) is 0 Å². The van der Waals surface area contributed by atoms with Crippen LogP contribution < -0.4 is 26.6 Å². The Balaban J connectivity index is 1.64. The normalized spacial score (nSPS) is 37.6. The molecule has 6 unspecified atom stereocenters. The molecule has 5 N–H and O–H groups in total. The molecule has 29 heavy (non-hydrogen) atoms. The maximum Gasteiger partial charge on any atom is 0.331 e. The van der Waals surface area contributed by atoms with Gasteiger partial charge in [0.1, 0.15) is 17.8 Å². The lowest BCUT2D eigenvalue weighted by Crippen LogP contribution is -2.70. The summed E-state index contributed by atoms with van der Waals surface area (Å²) in [7, 11) is -3.97. The fourth-order valence-corrected chi connectivity index (χ4v) is 6.60. The molecule has 0 aromatic heterocycles. The van der Waals surface area contributed by atoms with Gasteiger partial charge in [0.25, 0.3) is 0 Å². The van der Waals surface area contributed by atoms with Gasteiger partial charge in [0.05, 0.1) is 12.1 Å². The van der Waals surface area contributed by atoms with Crippen molar-refractivity contribution in [1.29, 1.82) is 5.26 Å². The van der Waals surface area contributed by atoms with E-state index in [9.17, 15) is 18.0 Å². The summed E-state index contributed by atoms with van der Waals surface area (Å²) in [5.41, 5.74) is 0. The summed E-state index contributed by atoms with van der Waals surface area (Å²) in [6.45, 7) is 5.98. The van der Waals surface area contributed by atoms with Crippen molar-refractivity contribution < 1.29 is 18.0 Å². The lowest BCUT2D eigenvalue weighted by molar-refractivity contribution is -0.121. The largest absolute Gasteiger partial charge is 0.350 e. The molecule has 3 aliphatic rings. The minimum absolute atomic E-state index is 0.0689. The molecule has 162 valence electrons. The first-order chi connectivity index (χ1) is 13.6. The molecule has 0 bridgehead atoms. The van der Waals surface area contributed by atoms with Gasteiger partial charge in [-0.25, -0.2) is 17.5 Å². The standard InChI is InChI=1S/C17H29N7O4S/c1-9-15(20-7-12(6-18)21-9)10(2)22-14(25)8-24-17(26)23-13-4-5-19-11(3)16(13)29(24,27)28/h9-13,15-16,19-21H,4-5,7-8H2,1-3H3,(H,22,25)(H,23,26)/t9?,10-,11?,12?,13?,15?,16?/m1/s1. The molecule has 0 aliphatic carbocycles. The van der Waals surface area contributed by atoms with E-state index in [0.29, 0.717) is 23.8 Å². The SMILES string of the molecule is CC1NC(C#N)CNC1[C@@H](C)NC(=O)CN1C(=O)NC2CCNC(C)C2S1(=O)=O. The molecule has 3 rings (SSSR count). The molecule has 3 aliphatic heterocycles. The number of piperazine rings is 1. The van der Waals surface area contributed by atoms with E-state index in [1.165, 1.54) is 0 Å². The minimum Gasteiger partial charge on any atom is -0.350 e. The number of nitriles is 1. The smallest absolute Gasteiger partial charge is 0.331 e. The average molecular weight is 428 g/mol. The highest BCUT2D eigenvalue weighted by Gasteiger charge is 2.50. The molecule has 12 heteroatoms. The highest BCUT2D eigenvalue weighted by atomic mass is 32.2. The number of rotatable bonds is 4. The Bertz CT molecular complexity index is 798. The average Bonchev–Trinajstić information content (AvgIpc) is 2.64. The van der Waals surface area contributed by atoms with E-state index in [0.717, 1.165) is 0 Å². The summed E-state index contributed by atoms with van der Waals surface area (Å²) >= 11 is 0. The van der Waals surface area contributed by atoms with Crippen LogP contribution in [0.3, 0.4) is 0 Å². The number of amides is 3. The molecule has 7 atom stereocenters. The van der Waals surface area contributed by atoms with Crippen molar-refractivity contribution in [1.82, 2.24) is 30.9 Å². The Labute approximate surface area is 171 Å². The van der Waals surface area contributed by atoms with Gasteiger partial charge >= 0.3 is 6.03 Å². The Morgan fingerprint density at radius 3 is 2.72 bits per heavy atom. The molecule has 0 aromatic rings. The van der Waals surface area contributed by atoms with Gasteiger partial charge in [-0.1, -0.05) is 0 Å². The maximum absolute atomic E-state index is 13.0. The van der Waals surface area contributed by atoms with E-state index in [-0.39, 0.29) is 30.2 Å². The van der Waals surface area contributed by atoms with Crippen molar-refractivity contribution in [3.05, 3.63) is 0 Å². The topological polar surface area (TPSA) is 155 Å². The number of urea groups is 1. The van der Waals surface area contributed by atoms with Gasteiger partial charge in [-0.15, -0.1) is 0 Å². The molecule has 3 amide bonds. The fraction of sp³-hybridized carbons (Fsp3) is 0.824. The predicted octanol–water partition coefficient (Wildman–Crippen LogP) is -2.19. The number of piperidine rings is 1. The second-order valence-corrected chi connectivity index (χ2v) is 10.0. The zero-order chi connectivity index (χ0) is 21.3. The molecule has 0 spiro atoms. The number of fused-ring (bicyclic) bond motifs is 1.